The third-order valence-electron chi connectivity index (χ3n) is 2.91. The fourth-order valence-corrected chi connectivity index (χ4v) is 2.15. The van der Waals surface area contributed by atoms with Crippen LogP contribution in [0.25, 0.3) is 0 Å². The molecule has 0 heterocycles. The van der Waals surface area contributed by atoms with E-state index in [1.807, 2.05) is 26.0 Å². The molecule has 0 aliphatic heterocycles. The molecule has 0 saturated carbocycles. The zero-order valence-electron chi connectivity index (χ0n) is 10.8. The predicted molar refractivity (Wildman–Crippen MR) is 79.7 cm³/mol. The van der Waals surface area contributed by atoms with Gasteiger partial charge in [-0.15, -0.1) is 0 Å². The highest BCUT2D eigenvalue weighted by molar-refractivity contribution is 6.34. The van der Waals surface area contributed by atoms with Gasteiger partial charge >= 0.3 is 0 Å². The first-order chi connectivity index (χ1) is 8.99. The molecule has 19 heavy (non-hydrogen) atoms. The summed E-state index contributed by atoms with van der Waals surface area (Å²) in [6, 6.07) is 10.8. The first-order valence-corrected chi connectivity index (χ1v) is 6.29. The van der Waals surface area contributed by atoms with E-state index in [1.165, 1.54) is 0 Å². The third-order valence-corrected chi connectivity index (χ3v) is 3.23. The van der Waals surface area contributed by atoms with Gasteiger partial charge in [0.1, 0.15) is 0 Å². The lowest BCUT2D eigenvalue weighted by Crippen LogP contribution is -2.15. The second kappa shape index (κ2) is 5.33. The van der Waals surface area contributed by atoms with Crippen LogP contribution < -0.4 is 11.1 Å². The van der Waals surface area contributed by atoms with Gasteiger partial charge in [0, 0.05) is 5.56 Å². The van der Waals surface area contributed by atoms with Crippen LogP contribution in [0, 0.1) is 13.8 Å². The molecule has 2 aromatic carbocycles. The highest BCUT2D eigenvalue weighted by Crippen LogP contribution is 2.28. The second-order valence-electron chi connectivity index (χ2n) is 4.48. The SMILES string of the molecule is Cc1ccc(C(=O)Nc2c(N)cccc2Cl)c(C)c1. The topological polar surface area (TPSA) is 55.1 Å². The number of hydrogen-bond acceptors (Lipinski definition) is 2. The number of nitrogens with one attached hydrogen (secondary N) is 1. The van der Waals surface area contributed by atoms with Gasteiger partial charge in [-0.3, -0.25) is 4.79 Å². The van der Waals surface area contributed by atoms with Crippen LogP contribution in [0.5, 0.6) is 0 Å². The van der Waals surface area contributed by atoms with Gasteiger partial charge in [0.2, 0.25) is 0 Å². The summed E-state index contributed by atoms with van der Waals surface area (Å²) >= 11 is 6.03. The molecule has 3 nitrogen and oxygen atoms in total. The highest BCUT2D eigenvalue weighted by atomic mass is 35.5. The highest BCUT2D eigenvalue weighted by Gasteiger charge is 2.12. The molecular weight excluding hydrogens is 260 g/mol. The van der Waals surface area contributed by atoms with Crippen LogP contribution in [0.4, 0.5) is 11.4 Å². The van der Waals surface area contributed by atoms with Crippen LogP contribution in [0.15, 0.2) is 36.4 Å². The molecule has 4 heteroatoms. The Bertz CT molecular complexity index is 618. The third kappa shape index (κ3) is 2.88. The first-order valence-electron chi connectivity index (χ1n) is 5.91. The summed E-state index contributed by atoms with van der Waals surface area (Å²) in [7, 11) is 0. The van der Waals surface area contributed by atoms with Gasteiger partial charge in [0.25, 0.3) is 5.91 Å². The molecule has 98 valence electrons. The summed E-state index contributed by atoms with van der Waals surface area (Å²) in [4.78, 5) is 12.2. The fraction of sp³-hybridized carbons (Fsp3) is 0.133. The van der Waals surface area contributed by atoms with Gasteiger partial charge in [-0.25, -0.2) is 0 Å². The molecule has 0 unspecified atom stereocenters. The van der Waals surface area contributed by atoms with E-state index in [0.717, 1.165) is 11.1 Å². The van der Waals surface area contributed by atoms with Crippen molar-refractivity contribution in [1.29, 1.82) is 0 Å². The van der Waals surface area contributed by atoms with Crippen molar-refractivity contribution >= 4 is 28.9 Å². The number of aryl methyl sites for hydroxylation is 2. The maximum absolute atomic E-state index is 12.2. The molecule has 0 aliphatic rings. The molecule has 0 aromatic heterocycles. The van der Waals surface area contributed by atoms with Crippen molar-refractivity contribution in [3.8, 4) is 0 Å². The quantitative estimate of drug-likeness (QED) is 0.819. The molecule has 3 N–H and O–H groups in total. The van der Waals surface area contributed by atoms with E-state index in [0.29, 0.717) is 22.0 Å². The maximum Gasteiger partial charge on any atom is 0.256 e. The van der Waals surface area contributed by atoms with Crippen molar-refractivity contribution in [2.24, 2.45) is 0 Å². The smallest absolute Gasteiger partial charge is 0.256 e. The number of para-hydroxylation sites is 1. The van der Waals surface area contributed by atoms with Crippen molar-refractivity contribution in [2.45, 2.75) is 13.8 Å². The van der Waals surface area contributed by atoms with Crippen LogP contribution in [0.2, 0.25) is 5.02 Å². The standard InChI is InChI=1S/C15H15ClN2O/c1-9-6-7-11(10(2)8-9)15(19)18-14-12(16)4-3-5-13(14)17/h3-8H,17H2,1-2H3,(H,18,19). The molecule has 0 radical (unpaired) electrons. The summed E-state index contributed by atoms with van der Waals surface area (Å²) < 4.78 is 0. The van der Waals surface area contributed by atoms with E-state index in [2.05, 4.69) is 5.32 Å². The van der Waals surface area contributed by atoms with Crippen molar-refractivity contribution in [2.75, 3.05) is 11.1 Å². The average molecular weight is 275 g/mol. The van der Waals surface area contributed by atoms with Gasteiger partial charge < -0.3 is 11.1 Å². The molecular formula is C15H15ClN2O. The first kappa shape index (κ1) is 13.4. The van der Waals surface area contributed by atoms with E-state index in [1.54, 1.807) is 24.3 Å². The number of hydrogen-bond donors (Lipinski definition) is 2. The molecule has 0 atom stereocenters. The number of nitrogens with two attached hydrogens (primary N) is 1. The van der Waals surface area contributed by atoms with Crippen LogP contribution >= 0.6 is 11.6 Å². The second-order valence-corrected chi connectivity index (χ2v) is 4.88. The van der Waals surface area contributed by atoms with Crippen molar-refractivity contribution < 1.29 is 4.79 Å². The number of rotatable bonds is 2. The largest absolute Gasteiger partial charge is 0.397 e. The normalized spacial score (nSPS) is 10.3. The van der Waals surface area contributed by atoms with Gasteiger partial charge in [-0.05, 0) is 37.6 Å². The van der Waals surface area contributed by atoms with Gasteiger partial charge in [0.15, 0.2) is 0 Å². The van der Waals surface area contributed by atoms with Crippen LogP contribution in [0.1, 0.15) is 21.5 Å². The van der Waals surface area contributed by atoms with E-state index < -0.39 is 0 Å². The van der Waals surface area contributed by atoms with E-state index >= 15 is 0 Å². The van der Waals surface area contributed by atoms with Gasteiger partial charge in [-0.2, -0.15) is 0 Å². The molecule has 0 bridgehead atoms. The summed E-state index contributed by atoms with van der Waals surface area (Å²) in [5.74, 6) is -0.211. The number of halogens is 1. The number of carbonyl (C=O) groups excluding carboxylic acids is 1. The summed E-state index contributed by atoms with van der Waals surface area (Å²) in [6.07, 6.45) is 0. The summed E-state index contributed by atoms with van der Waals surface area (Å²) in [6.45, 7) is 3.89. The lowest BCUT2D eigenvalue weighted by molar-refractivity contribution is 0.102. The van der Waals surface area contributed by atoms with Crippen molar-refractivity contribution in [3.63, 3.8) is 0 Å². The minimum atomic E-state index is -0.211. The average Bonchev–Trinajstić information content (AvgIpc) is 2.33. The summed E-state index contributed by atoms with van der Waals surface area (Å²) in [5.41, 5.74) is 9.37. The molecule has 2 aromatic rings. The Balaban J connectivity index is 2.31. The molecule has 0 spiro atoms. The lowest BCUT2D eigenvalue weighted by atomic mass is 10.1. The molecule has 0 fully saturated rings. The summed E-state index contributed by atoms with van der Waals surface area (Å²) in [5, 5.41) is 3.19. The van der Waals surface area contributed by atoms with Crippen LogP contribution in [-0.4, -0.2) is 5.91 Å². The number of benzene rings is 2. The Hall–Kier alpha value is -2.00. The zero-order valence-corrected chi connectivity index (χ0v) is 11.6. The van der Waals surface area contributed by atoms with Crippen molar-refractivity contribution in [3.05, 3.63) is 58.1 Å². The van der Waals surface area contributed by atoms with Gasteiger partial charge in [0.05, 0.1) is 16.4 Å². The maximum atomic E-state index is 12.2. The number of anilines is 2. The van der Waals surface area contributed by atoms with E-state index in [9.17, 15) is 4.79 Å². The minimum Gasteiger partial charge on any atom is -0.397 e. The molecule has 0 saturated heterocycles. The molecule has 1 amide bonds. The Morgan fingerprint density at radius 3 is 2.58 bits per heavy atom. The van der Waals surface area contributed by atoms with Crippen molar-refractivity contribution in [1.82, 2.24) is 0 Å². The van der Waals surface area contributed by atoms with E-state index in [4.69, 9.17) is 17.3 Å². The molecule has 0 aliphatic carbocycles. The Kier molecular flexibility index (Phi) is 3.76. The number of carbonyl (C=O) groups is 1. The van der Waals surface area contributed by atoms with E-state index in [-0.39, 0.29) is 5.91 Å². The fourth-order valence-electron chi connectivity index (χ4n) is 1.92. The lowest BCUT2D eigenvalue weighted by Gasteiger charge is -2.11. The van der Waals surface area contributed by atoms with Crippen LogP contribution in [-0.2, 0) is 0 Å². The van der Waals surface area contributed by atoms with Crippen LogP contribution in [0.3, 0.4) is 0 Å². The zero-order chi connectivity index (χ0) is 14.0. The number of amides is 1. The number of nitrogen functional groups attached to an aromatic ring is 1. The monoisotopic (exact) mass is 274 g/mol. The Morgan fingerprint density at radius 2 is 1.95 bits per heavy atom. The molecule has 2 rings (SSSR count). The minimum absolute atomic E-state index is 0.211. The Labute approximate surface area is 117 Å². The van der Waals surface area contributed by atoms with Gasteiger partial charge in [-0.1, -0.05) is 35.4 Å². The Morgan fingerprint density at radius 1 is 1.21 bits per heavy atom. The predicted octanol–water partition coefficient (Wildman–Crippen LogP) is 3.79.